The summed E-state index contributed by atoms with van der Waals surface area (Å²) in [7, 11) is 0. The molecule has 1 unspecified atom stereocenters. The summed E-state index contributed by atoms with van der Waals surface area (Å²) >= 11 is 0. The number of nitrogens with zero attached hydrogens (tertiary/aromatic N) is 1. The van der Waals surface area contributed by atoms with Crippen molar-refractivity contribution in [3.05, 3.63) is 89.0 Å². The number of carbonyl (C=O) groups excluding carboxylic acids is 1. The highest BCUT2D eigenvalue weighted by Gasteiger charge is 2.35. The van der Waals surface area contributed by atoms with Gasteiger partial charge in [0.1, 0.15) is 0 Å². The molecular formula is C26H27NO3. The minimum absolute atomic E-state index is 0.0758. The van der Waals surface area contributed by atoms with Crippen molar-refractivity contribution in [2.75, 3.05) is 18.1 Å². The fraction of sp³-hybridized carbons (Fsp3) is 0.269. The molecule has 0 aliphatic carbocycles. The van der Waals surface area contributed by atoms with Crippen LogP contribution in [0.2, 0.25) is 0 Å². The minimum atomic E-state index is -0.222. The van der Waals surface area contributed by atoms with Crippen molar-refractivity contribution in [2.24, 2.45) is 0 Å². The molecule has 1 heterocycles. The molecule has 0 spiro atoms. The Balaban J connectivity index is 1.91. The number of hydrogen-bond acceptors (Lipinski definition) is 3. The fourth-order valence-corrected chi connectivity index (χ4v) is 4.06. The minimum Gasteiger partial charge on any atom is -0.490 e. The first-order valence-corrected chi connectivity index (χ1v) is 10.5. The molecule has 1 aliphatic rings. The molecular weight excluding hydrogens is 374 g/mol. The monoisotopic (exact) mass is 401 g/mol. The van der Waals surface area contributed by atoms with Crippen molar-refractivity contribution < 1.29 is 14.3 Å². The highest BCUT2D eigenvalue weighted by molar-refractivity contribution is 5.98. The lowest BCUT2D eigenvalue weighted by atomic mass is 9.86. The molecule has 0 N–H and O–H groups in total. The van der Waals surface area contributed by atoms with Crippen LogP contribution in [0, 0.1) is 6.92 Å². The number of benzene rings is 3. The van der Waals surface area contributed by atoms with Crippen molar-refractivity contribution in [1.29, 1.82) is 0 Å². The zero-order chi connectivity index (χ0) is 21.1. The molecule has 4 heteroatoms. The van der Waals surface area contributed by atoms with E-state index in [4.69, 9.17) is 9.47 Å². The van der Waals surface area contributed by atoms with Crippen LogP contribution in [-0.4, -0.2) is 19.1 Å². The van der Waals surface area contributed by atoms with Gasteiger partial charge in [0.05, 0.1) is 25.7 Å². The van der Waals surface area contributed by atoms with Crippen LogP contribution in [0.3, 0.4) is 0 Å². The number of fused-ring (bicyclic) bond motifs is 1. The van der Waals surface area contributed by atoms with E-state index in [1.165, 1.54) is 5.56 Å². The lowest BCUT2D eigenvalue weighted by Crippen LogP contribution is -2.41. The number of ether oxygens (including phenoxy) is 2. The molecule has 1 aliphatic heterocycles. The van der Waals surface area contributed by atoms with Crippen LogP contribution in [0.15, 0.2) is 66.7 Å². The summed E-state index contributed by atoms with van der Waals surface area (Å²) < 4.78 is 11.7. The fourth-order valence-electron chi connectivity index (χ4n) is 4.06. The smallest absolute Gasteiger partial charge is 0.232 e. The number of aryl methyl sites for hydroxylation is 1. The van der Waals surface area contributed by atoms with E-state index < -0.39 is 0 Å². The second kappa shape index (κ2) is 8.62. The van der Waals surface area contributed by atoms with Crippen LogP contribution in [0.4, 0.5) is 5.69 Å². The van der Waals surface area contributed by atoms with Gasteiger partial charge in [0.15, 0.2) is 11.5 Å². The number of carbonyl (C=O) groups is 1. The summed E-state index contributed by atoms with van der Waals surface area (Å²) in [6.45, 7) is 7.06. The first-order valence-electron chi connectivity index (χ1n) is 10.5. The van der Waals surface area contributed by atoms with E-state index >= 15 is 0 Å². The van der Waals surface area contributed by atoms with Gasteiger partial charge >= 0.3 is 0 Å². The van der Waals surface area contributed by atoms with E-state index in [2.05, 4.69) is 25.1 Å². The number of rotatable bonds is 6. The van der Waals surface area contributed by atoms with Crippen molar-refractivity contribution >= 4 is 11.6 Å². The third-order valence-corrected chi connectivity index (χ3v) is 5.40. The maximum atomic E-state index is 13.4. The second-order valence-corrected chi connectivity index (χ2v) is 7.45. The maximum Gasteiger partial charge on any atom is 0.232 e. The van der Waals surface area contributed by atoms with Gasteiger partial charge in [-0.05, 0) is 61.7 Å². The summed E-state index contributed by atoms with van der Waals surface area (Å²) in [5.41, 5.74) is 5.20. The Morgan fingerprint density at radius 1 is 0.900 bits per heavy atom. The molecule has 0 radical (unpaired) electrons. The predicted molar refractivity (Wildman–Crippen MR) is 119 cm³/mol. The van der Waals surface area contributed by atoms with Crippen LogP contribution in [-0.2, 0) is 11.2 Å². The van der Waals surface area contributed by atoms with E-state index in [9.17, 15) is 4.79 Å². The Bertz CT molecular complexity index is 1030. The molecule has 4 rings (SSSR count). The van der Waals surface area contributed by atoms with Crippen molar-refractivity contribution in [3.8, 4) is 11.5 Å². The summed E-state index contributed by atoms with van der Waals surface area (Å²) in [6, 6.07) is 22.1. The van der Waals surface area contributed by atoms with Gasteiger partial charge in [-0.1, -0.05) is 48.0 Å². The van der Waals surface area contributed by atoms with Gasteiger partial charge in [-0.3, -0.25) is 4.79 Å². The standard InChI is InChI=1S/C26H27NO3/c1-4-29-23-15-20-16-25(28)27(21-13-11-18(3)12-14-21)26(19-9-7-6-8-10-19)22(20)17-24(23)30-5-2/h6-15,17,26H,4-5,16H2,1-3H3. The van der Waals surface area contributed by atoms with E-state index in [0.29, 0.717) is 25.4 Å². The first-order chi connectivity index (χ1) is 14.6. The second-order valence-electron chi connectivity index (χ2n) is 7.45. The highest BCUT2D eigenvalue weighted by atomic mass is 16.5. The van der Waals surface area contributed by atoms with Gasteiger partial charge in [0.25, 0.3) is 0 Å². The number of hydrogen-bond donors (Lipinski definition) is 0. The number of anilines is 1. The Hall–Kier alpha value is -3.27. The largest absolute Gasteiger partial charge is 0.490 e. The summed E-state index contributed by atoms with van der Waals surface area (Å²) in [4.78, 5) is 15.3. The average molecular weight is 402 g/mol. The zero-order valence-electron chi connectivity index (χ0n) is 17.7. The molecule has 0 aromatic heterocycles. The molecule has 154 valence electrons. The first kappa shape index (κ1) is 20.0. The molecule has 0 fully saturated rings. The normalized spacial score (nSPS) is 15.6. The van der Waals surface area contributed by atoms with Gasteiger partial charge in [-0.15, -0.1) is 0 Å². The topological polar surface area (TPSA) is 38.8 Å². The van der Waals surface area contributed by atoms with Gasteiger partial charge < -0.3 is 14.4 Å². The molecule has 30 heavy (non-hydrogen) atoms. The lowest BCUT2D eigenvalue weighted by molar-refractivity contribution is -0.118. The maximum absolute atomic E-state index is 13.4. The predicted octanol–water partition coefficient (Wildman–Crippen LogP) is 5.47. The molecule has 3 aromatic rings. The van der Waals surface area contributed by atoms with Gasteiger partial charge in [-0.25, -0.2) is 0 Å². The zero-order valence-corrected chi connectivity index (χ0v) is 17.7. The average Bonchev–Trinajstić information content (AvgIpc) is 2.75. The van der Waals surface area contributed by atoms with E-state index in [1.54, 1.807) is 0 Å². The Morgan fingerprint density at radius 2 is 1.53 bits per heavy atom. The molecule has 1 atom stereocenters. The van der Waals surface area contributed by atoms with Crippen LogP contribution in [0.5, 0.6) is 11.5 Å². The summed E-state index contributed by atoms with van der Waals surface area (Å²) in [5.74, 6) is 1.49. The van der Waals surface area contributed by atoms with Gasteiger partial charge in [0.2, 0.25) is 5.91 Å². The third-order valence-electron chi connectivity index (χ3n) is 5.40. The van der Waals surface area contributed by atoms with Crippen molar-refractivity contribution in [2.45, 2.75) is 33.2 Å². The quantitative estimate of drug-likeness (QED) is 0.550. The molecule has 0 bridgehead atoms. The van der Waals surface area contributed by atoms with Gasteiger partial charge in [-0.2, -0.15) is 0 Å². The van der Waals surface area contributed by atoms with Crippen LogP contribution < -0.4 is 14.4 Å². The van der Waals surface area contributed by atoms with Crippen LogP contribution in [0.1, 0.15) is 42.1 Å². The Kier molecular flexibility index (Phi) is 5.75. The van der Waals surface area contributed by atoms with E-state index in [0.717, 1.165) is 28.1 Å². The Labute approximate surface area is 178 Å². The molecule has 0 saturated carbocycles. The van der Waals surface area contributed by atoms with E-state index in [1.807, 2.05) is 67.3 Å². The lowest BCUT2D eigenvalue weighted by Gasteiger charge is -2.38. The highest BCUT2D eigenvalue weighted by Crippen LogP contribution is 2.43. The molecule has 3 aromatic carbocycles. The Morgan fingerprint density at radius 3 is 2.17 bits per heavy atom. The van der Waals surface area contributed by atoms with Crippen molar-refractivity contribution in [1.82, 2.24) is 0 Å². The SMILES string of the molecule is CCOc1cc2c(cc1OCC)C(c1ccccc1)N(c1ccc(C)cc1)C(=O)C2. The van der Waals surface area contributed by atoms with Crippen molar-refractivity contribution in [3.63, 3.8) is 0 Å². The van der Waals surface area contributed by atoms with Crippen LogP contribution in [0.25, 0.3) is 0 Å². The molecule has 4 nitrogen and oxygen atoms in total. The number of amides is 1. The summed E-state index contributed by atoms with van der Waals surface area (Å²) in [6.07, 6.45) is 0.332. The molecule has 0 saturated heterocycles. The third kappa shape index (κ3) is 3.78. The van der Waals surface area contributed by atoms with E-state index in [-0.39, 0.29) is 11.9 Å². The van der Waals surface area contributed by atoms with Crippen LogP contribution >= 0.6 is 0 Å². The molecule has 1 amide bonds. The summed E-state index contributed by atoms with van der Waals surface area (Å²) in [5, 5.41) is 0. The van der Waals surface area contributed by atoms with Gasteiger partial charge in [0, 0.05) is 5.69 Å².